The molecule has 0 radical (unpaired) electrons. The average molecular weight is 299 g/mol. The van der Waals surface area contributed by atoms with Crippen LogP contribution in [0.5, 0.6) is 0 Å². The monoisotopic (exact) mass is 299 g/mol. The zero-order chi connectivity index (χ0) is 15.6. The number of carbonyl (C=O) groups excluding carboxylic acids is 1. The van der Waals surface area contributed by atoms with Gasteiger partial charge in [-0.1, -0.05) is 48.7 Å². The molecule has 2 aliphatic rings. The fraction of sp³-hybridized carbons (Fsp3) is 0.526. The lowest BCUT2D eigenvalue weighted by molar-refractivity contribution is -0.122. The molecule has 1 aromatic carbocycles. The molecule has 0 saturated heterocycles. The summed E-state index contributed by atoms with van der Waals surface area (Å²) in [6, 6.07) is 10.2. The van der Waals surface area contributed by atoms with Gasteiger partial charge in [0, 0.05) is 19.1 Å². The molecule has 0 heterocycles. The first-order valence-electron chi connectivity index (χ1n) is 8.20. The van der Waals surface area contributed by atoms with Gasteiger partial charge in [0.25, 0.3) is 0 Å². The number of nitrogens with one attached hydrogen (secondary N) is 1. The van der Waals surface area contributed by atoms with Gasteiger partial charge in [-0.2, -0.15) is 0 Å². The summed E-state index contributed by atoms with van der Waals surface area (Å²) in [5.74, 6) is 0.127. The molecular weight excluding hydrogens is 274 g/mol. The summed E-state index contributed by atoms with van der Waals surface area (Å²) in [5.41, 5.74) is 3.73. The van der Waals surface area contributed by atoms with Crippen LogP contribution in [-0.2, 0) is 9.53 Å². The molecule has 22 heavy (non-hydrogen) atoms. The Balaban J connectivity index is 1.58. The van der Waals surface area contributed by atoms with Crippen LogP contribution in [0.3, 0.4) is 0 Å². The molecule has 0 aliphatic heterocycles. The molecule has 3 nitrogen and oxygen atoms in total. The largest absolute Gasteiger partial charge is 0.384 e. The van der Waals surface area contributed by atoms with Gasteiger partial charge in [0.2, 0.25) is 5.91 Å². The molecule has 0 spiro atoms. The summed E-state index contributed by atoms with van der Waals surface area (Å²) < 4.78 is 5.39. The van der Waals surface area contributed by atoms with E-state index >= 15 is 0 Å². The lowest BCUT2D eigenvalue weighted by Crippen LogP contribution is -2.39. The van der Waals surface area contributed by atoms with E-state index in [1.54, 1.807) is 7.11 Å². The zero-order valence-electron chi connectivity index (χ0n) is 13.5. The van der Waals surface area contributed by atoms with Crippen molar-refractivity contribution >= 4 is 11.5 Å². The van der Waals surface area contributed by atoms with Gasteiger partial charge in [-0.25, -0.2) is 0 Å². The number of hydrogen-bond donors (Lipinski definition) is 1. The number of ether oxygens (including phenoxy) is 1. The Bertz CT molecular complexity index is 570. The van der Waals surface area contributed by atoms with Crippen LogP contribution in [0.4, 0.5) is 0 Å². The van der Waals surface area contributed by atoms with Crippen molar-refractivity contribution in [2.45, 2.75) is 32.6 Å². The maximum atomic E-state index is 12.5. The molecule has 1 saturated carbocycles. The van der Waals surface area contributed by atoms with E-state index in [4.69, 9.17) is 4.74 Å². The second kappa shape index (κ2) is 6.25. The number of rotatable bonds is 6. The molecule has 1 unspecified atom stereocenters. The first-order chi connectivity index (χ1) is 10.7. The first-order valence-corrected chi connectivity index (χ1v) is 8.20. The molecule has 3 heteroatoms. The highest BCUT2D eigenvalue weighted by Gasteiger charge is 2.41. The Kier molecular flexibility index (Phi) is 4.34. The SMILES string of the molecule is COCC1(CNC(=O)C2C(C)=C2c2ccccc2)CCCC1. The van der Waals surface area contributed by atoms with Crippen molar-refractivity contribution in [2.75, 3.05) is 20.3 Å². The predicted molar refractivity (Wildman–Crippen MR) is 88.3 cm³/mol. The third-order valence-corrected chi connectivity index (χ3v) is 5.16. The minimum absolute atomic E-state index is 0.0246. The van der Waals surface area contributed by atoms with Crippen LogP contribution in [0.2, 0.25) is 0 Å². The highest BCUT2D eigenvalue weighted by atomic mass is 16.5. The predicted octanol–water partition coefficient (Wildman–Crippen LogP) is 3.41. The van der Waals surface area contributed by atoms with Crippen molar-refractivity contribution in [2.24, 2.45) is 11.3 Å². The maximum Gasteiger partial charge on any atom is 0.231 e. The maximum absolute atomic E-state index is 12.5. The molecule has 1 amide bonds. The van der Waals surface area contributed by atoms with Gasteiger partial charge in [0.1, 0.15) is 0 Å². The number of hydrogen-bond acceptors (Lipinski definition) is 2. The van der Waals surface area contributed by atoms with Gasteiger partial charge in [-0.3, -0.25) is 4.79 Å². The fourth-order valence-electron chi connectivity index (χ4n) is 3.85. The summed E-state index contributed by atoms with van der Waals surface area (Å²) in [6.07, 6.45) is 4.80. The van der Waals surface area contributed by atoms with E-state index in [2.05, 4.69) is 24.4 Å². The lowest BCUT2D eigenvalue weighted by Gasteiger charge is -2.28. The summed E-state index contributed by atoms with van der Waals surface area (Å²) in [5, 5.41) is 3.18. The molecule has 118 valence electrons. The fourth-order valence-corrected chi connectivity index (χ4v) is 3.85. The Morgan fingerprint density at radius 3 is 2.59 bits per heavy atom. The van der Waals surface area contributed by atoms with Crippen molar-refractivity contribution in [1.82, 2.24) is 5.32 Å². The molecule has 1 atom stereocenters. The van der Waals surface area contributed by atoms with Crippen molar-refractivity contribution in [3.05, 3.63) is 41.5 Å². The van der Waals surface area contributed by atoms with Gasteiger partial charge in [-0.05, 0) is 30.9 Å². The normalized spacial score (nSPS) is 22.7. The van der Waals surface area contributed by atoms with E-state index in [0.29, 0.717) is 0 Å². The average Bonchev–Trinajstić information content (AvgIpc) is 2.99. The highest BCUT2D eigenvalue weighted by molar-refractivity contribution is 6.05. The summed E-state index contributed by atoms with van der Waals surface area (Å²) in [7, 11) is 1.75. The second-order valence-electron chi connectivity index (χ2n) is 6.75. The third kappa shape index (κ3) is 2.95. The van der Waals surface area contributed by atoms with Crippen LogP contribution in [0.15, 0.2) is 35.9 Å². The standard InChI is InChI=1S/C19H25NO2/c1-14-16(15-8-4-3-5-9-15)17(14)18(21)20-12-19(13-22-2)10-6-7-11-19/h3-5,8-9,17H,6-7,10-13H2,1-2H3,(H,20,21). The summed E-state index contributed by atoms with van der Waals surface area (Å²) in [4.78, 5) is 12.5. The second-order valence-corrected chi connectivity index (χ2v) is 6.75. The van der Waals surface area contributed by atoms with Crippen molar-refractivity contribution < 1.29 is 9.53 Å². The van der Waals surface area contributed by atoms with E-state index < -0.39 is 0 Å². The molecule has 0 bridgehead atoms. The smallest absolute Gasteiger partial charge is 0.231 e. The Hall–Kier alpha value is -1.61. The van der Waals surface area contributed by atoms with Crippen LogP contribution in [0, 0.1) is 11.3 Å². The summed E-state index contributed by atoms with van der Waals surface area (Å²) in [6.45, 7) is 3.55. The number of benzene rings is 1. The number of amides is 1. The molecular formula is C19H25NO2. The van der Waals surface area contributed by atoms with Gasteiger partial charge < -0.3 is 10.1 Å². The van der Waals surface area contributed by atoms with Crippen LogP contribution in [0.25, 0.3) is 5.57 Å². The topological polar surface area (TPSA) is 38.3 Å². The molecule has 2 aliphatic carbocycles. The molecule has 1 N–H and O–H groups in total. The van der Waals surface area contributed by atoms with Gasteiger partial charge >= 0.3 is 0 Å². The van der Waals surface area contributed by atoms with Crippen LogP contribution in [-0.4, -0.2) is 26.2 Å². The number of carbonyl (C=O) groups is 1. The highest BCUT2D eigenvalue weighted by Crippen LogP contribution is 2.47. The molecule has 1 fully saturated rings. The molecule has 1 aromatic rings. The minimum atomic E-state index is -0.0246. The minimum Gasteiger partial charge on any atom is -0.384 e. The summed E-state index contributed by atoms with van der Waals surface area (Å²) >= 11 is 0. The molecule has 3 rings (SSSR count). The van der Waals surface area contributed by atoms with Gasteiger partial charge in [0.15, 0.2) is 0 Å². The van der Waals surface area contributed by atoms with E-state index in [1.165, 1.54) is 29.6 Å². The van der Waals surface area contributed by atoms with E-state index in [-0.39, 0.29) is 17.2 Å². The van der Waals surface area contributed by atoms with E-state index in [0.717, 1.165) is 26.0 Å². The quantitative estimate of drug-likeness (QED) is 0.874. The van der Waals surface area contributed by atoms with Crippen molar-refractivity contribution in [1.29, 1.82) is 0 Å². The Morgan fingerprint density at radius 1 is 1.27 bits per heavy atom. The van der Waals surface area contributed by atoms with Crippen molar-refractivity contribution in [3.63, 3.8) is 0 Å². The van der Waals surface area contributed by atoms with Crippen LogP contribution < -0.4 is 5.32 Å². The zero-order valence-corrected chi connectivity index (χ0v) is 13.5. The van der Waals surface area contributed by atoms with Crippen LogP contribution in [0.1, 0.15) is 38.2 Å². The van der Waals surface area contributed by atoms with Crippen LogP contribution >= 0.6 is 0 Å². The van der Waals surface area contributed by atoms with Gasteiger partial charge in [0.05, 0.1) is 12.5 Å². The number of methoxy groups -OCH3 is 1. The van der Waals surface area contributed by atoms with Gasteiger partial charge in [-0.15, -0.1) is 0 Å². The molecule has 0 aromatic heterocycles. The van der Waals surface area contributed by atoms with Crippen molar-refractivity contribution in [3.8, 4) is 0 Å². The van der Waals surface area contributed by atoms with E-state index in [1.807, 2.05) is 18.2 Å². The Labute approximate surface area is 132 Å². The third-order valence-electron chi connectivity index (χ3n) is 5.16. The van der Waals surface area contributed by atoms with E-state index in [9.17, 15) is 4.79 Å². The Morgan fingerprint density at radius 2 is 1.95 bits per heavy atom. The first kappa shape index (κ1) is 15.3. The lowest BCUT2D eigenvalue weighted by atomic mass is 9.87.